The summed E-state index contributed by atoms with van der Waals surface area (Å²) in [7, 11) is 0. The molecule has 3 N–H and O–H groups in total. The summed E-state index contributed by atoms with van der Waals surface area (Å²) in [4.78, 5) is 23.0. The number of amides is 1. The van der Waals surface area contributed by atoms with Crippen LogP contribution in [0.15, 0.2) is 24.3 Å². The van der Waals surface area contributed by atoms with Crippen molar-refractivity contribution in [3.63, 3.8) is 0 Å². The molecule has 19 heavy (non-hydrogen) atoms. The molecule has 0 aliphatic carbocycles. The zero-order chi connectivity index (χ0) is 14.4. The molecular formula is C13H17FN2O3. The van der Waals surface area contributed by atoms with E-state index >= 15 is 0 Å². The highest BCUT2D eigenvalue weighted by molar-refractivity contribution is 6.01. The van der Waals surface area contributed by atoms with E-state index in [9.17, 15) is 14.0 Å². The number of halogens is 1. The van der Waals surface area contributed by atoms with E-state index < -0.39 is 17.9 Å². The summed E-state index contributed by atoms with van der Waals surface area (Å²) < 4.78 is 17.4. The lowest BCUT2D eigenvalue weighted by Gasteiger charge is -2.17. The van der Waals surface area contributed by atoms with Crippen LogP contribution in [0.1, 0.15) is 25.5 Å². The number of nitrogens with two attached hydrogens (primary N) is 1. The van der Waals surface area contributed by atoms with Gasteiger partial charge in [0.1, 0.15) is 5.82 Å². The van der Waals surface area contributed by atoms with Gasteiger partial charge in [0.2, 0.25) is 5.91 Å². The smallest absolute Gasteiger partial charge is 0.332 e. The molecule has 0 aliphatic heterocycles. The minimum Gasteiger partial charge on any atom is -0.464 e. The predicted molar refractivity (Wildman–Crippen MR) is 67.6 cm³/mol. The van der Waals surface area contributed by atoms with Crippen molar-refractivity contribution in [1.82, 2.24) is 5.32 Å². The Bertz CT molecular complexity index is 448. The number of nitrogens with one attached hydrogen (secondary N) is 1. The molecule has 5 nitrogen and oxygen atoms in total. The summed E-state index contributed by atoms with van der Waals surface area (Å²) in [6.07, 6.45) is 0. The van der Waals surface area contributed by atoms with Gasteiger partial charge in [0.25, 0.3) is 0 Å². The van der Waals surface area contributed by atoms with Gasteiger partial charge in [0.15, 0.2) is 6.04 Å². The second-order valence-electron chi connectivity index (χ2n) is 4.01. The van der Waals surface area contributed by atoms with E-state index in [0.717, 1.165) is 0 Å². The fraction of sp³-hybridized carbons (Fsp3) is 0.385. The second-order valence-corrected chi connectivity index (χ2v) is 4.01. The number of benzene rings is 1. The van der Waals surface area contributed by atoms with Crippen LogP contribution in [0.25, 0.3) is 0 Å². The van der Waals surface area contributed by atoms with Crippen molar-refractivity contribution >= 4 is 11.9 Å². The van der Waals surface area contributed by atoms with E-state index in [4.69, 9.17) is 5.73 Å². The third-order valence-corrected chi connectivity index (χ3v) is 2.55. The van der Waals surface area contributed by atoms with Crippen LogP contribution >= 0.6 is 0 Å². The van der Waals surface area contributed by atoms with Crippen molar-refractivity contribution < 1.29 is 18.7 Å². The number of carbonyl (C=O) groups excluding carboxylic acids is 2. The lowest BCUT2D eigenvalue weighted by Crippen LogP contribution is -2.47. The van der Waals surface area contributed by atoms with Crippen LogP contribution in [0.5, 0.6) is 0 Å². The number of ether oxygens (including phenoxy) is 1. The summed E-state index contributed by atoms with van der Waals surface area (Å²) in [5.41, 5.74) is 6.16. The molecule has 0 saturated heterocycles. The second kappa shape index (κ2) is 6.84. The summed E-state index contributed by atoms with van der Waals surface area (Å²) in [5, 5.41) is 2.57. The largest absolute Gasteiger partial charge is 0.464 e. The van der Waals surface area contributed by atoms with Gasteiger partial charge >= 0.3 is 5.97 Å². The zero-order valence-electron chi connectivity index (χ0n) is 10.9. The van der Waals surface area contributed by atoms with Crippen LogP contribution < -0.4 is 11.1 Å². The van der Waals surface area contributed by atoms with Crippen molar-refractivity contribution in [1.29, 1.82) is 0 Å². The van der Waals surface area contributed by atoms with E-state index in [2.05, 4.69) is 10.1 Å². The van der Waals surface area contributed by atoms with E-state index in [0.29, 0.717) is 5.56 Å². The summed E-state index contributed by atoms with van der Waals surface area (Å²) in [5.74, 6) is -1.76. The van der Waals surface area contributed by atoms with Crippen LogP contribution in [-0.4, -0.2) is 24.5 Å². The maximum absolute atomic E-state index is 12.8. The highest BCUT2D eigenvalue weighted by Gasteiger charge is 2.24. The highest BCUT2D eigenvalue weighted by atomic mass is 19.1. The number of esters is 1. The van der Waals surface area contributed by atoms with Crippen molar-refractivity contribution in [3.05, 3.63) is 35.6 Å². The quantitative estimate of drug-likeness (QED) is 0.614. The average molecular weight is 268 g/mol. The minimum atomic E-state index is -1.36. The third kappa shape index (κ3) is 4.33. The van der Waals surface area contributed by atoms with Crippen LogP contribution in [0.3, 0.4) is 0 Å². The number of rotatable bonds is 5. The molecule has 1 aromatic carbocycles. The molecule has 0 saturated carbocycles. The summed E-state index contributed by atoms with van der Waals surface area (Å²) in [6.45, 7) is 3.50. The van der Waals surface area contributed by atoms with Crippen LogP contribution in [0.4, 0.5) is 4.39 Å². The average Bonchev–Trinajstić information content (AvgIpc) is 2.38. The highest BCUT2D eigenvalue weighted by Crippen LogP contribution is 2.12. The molecule has 0 heterocycles. The van der Waals surface area contributed by atoms with Gasteiger partial charge in [-0.05, 0) is 31.5 Å². The van der Waals surface area contributed by atoms with E-state index in [-0.39, 0.29) is 18.5 Å². The third-order valence-electron chi connectivity index (χ3n) is 2.55. The van der Waals surface area contributed by atoms with E-state index in [1.54, 1.807) is 26.0 Å². The lowest BCUT2D eigenvalue weighted by molar-refractivity contribution is -0.148. The molecule has 0 aromatic heterocycles. The maximum atomic E-state index is 12.8. The summed E-state index contributed by atoms with van der Waals surface area (Å²) in [6, 6.07) is 3.95. The van der Waals surface area contributed by atoms with Gasteiger partial charge in [-0.25, -0.2) is 9.18 Å². The molecule has 0 bridgehead atoms. The number of carbonyl (C=O) groups is 2. The standard InChI is InChI=1S/C13H17FN2O3/c1-3-19-13(18)11(15)12(17)16-8(2)9-4-6-10(14)7-5-9/h4-8,11H,3,15H2,1-2H3,(H,16,17)/t8-,11?/m1/s1. The van der Waals surface area contributed by atoms with Gasteiger partial charge in [0.05, 0.1) is 12.6 Å². The molecule has 0 radical (unpaired) electrons. The maximum Gasteiger partial charge on any atom is 0.332 e. The first-order valence-corrected chi connectivity index (χ1v) is 5.93. The van der Waals surface area contributed by atoms with Crippen molar-refractivity contribution in [2.45, 2.75) is 25.9 Å². The first-order valence-electron chi connectivity index (χ1n) is 5.93. The predicted octanol–water partition coefficient (Wildman–Crippen LogP) is 0.893. The van der Waals surface area contributed by atoms with Crippen LogP contribution in [-0.2, 0) is 14.3 Å². The van der Waals surface area contributed by atoms with Gasteiger partial charge in [0, 0.05) is 0 Å². The van der Waals surface area contributed by atoms with Crippen molar-refractivity contribution in [3.8, 4) is 0 Å². The van der Waals surface area contributed by atoms with Crippen LogP contribution in [0.2, 0.25) is 0 Å². The van der Waals surface area contributed by atoms with Gasteiger partial charge in [-0.3, -0.25) is 4.79 Å². The Balaban J connectivity index is 2.61. The Kier molecular flexibility index (Phi) is 5.44. The fourth-order valence-corrected chi connectivity index (χ4v) is 1.48. The molecule has 6 heteroatoms. The number of hydrogen-bond acceptors (Lipinski definition) is 4. The molecule has 2 atom stereocenters. The zero-order valence-corrected chi connectivity index (χ0v) is 10.9. The molecule has 0 spiro atoms. The Labute approximate surface area is 110 Å². The van der Waals surface area contributed by atoms with Gasteiger partial charge in [-0.2, -0.15) is 0 Å². The fourth-order valence-electron chi connectivity index (χ4n) is 1.48. The molecule has 1 unspecified atom stereocenters. The van der Waals surface area contributed by atoms with Crippen LogP contribution in [0, 0.1) is 5.82 Å². The SMILES string of the molecule is CCOC(=O)C(N)C(=O)N[C@H](C)c1ccc(F)cc1. The van der Waals surface area contributed by atoms with Crippen molar-refractivity contribution in [2.24, 2.45) is 5.73 Å². The molecule has 1 aromatic rings. The molecular weight excluding hydrogens is 251 g/mol. The monoisotopic (exact) mass is 268 g/mol. The molecule has 0 fully saturated rings. The normalized spacial score (nSPS) is 13.5. The minimum absolute atomic E-state index is 0.160. The van der Waals surface area contributed by atoms with E-state index in [1.807, 2.05) is 0 Å². The first-order chi connectivity index (χ1) is 8.95. The Morgan fingerprint density at radius 2 is 1.95 bits per heavy atom. The lowest BCUT2D eigenvalue weighted by atomic mass is 10.1. The van der Waals surface area contributed by atoms with Gasteiger partial charge in [-0.1, -0.05) is 12.1 Å². The Morgan fingerprint density at radius 1 is 1.37 bits per heavy atom. The summed E-state index contributed by atoms with van der Waals surface area (Å²) >= 11 is 0. The molecule has 1 rings (SSSR count). The van der Waals surface area contributed by atoms with Gasteiger partial charge in [-0.15, -0.1) is 0 Å². The van der Waals surface area contributed by atoms with Crippen molar-refractivity contribution in [2.75, 3.05) is 6.61 Å². The molecule has 1 amide bonds. The topological polar surface area (TPSA) is 81.4 Å². The Hall–Kier alpha value is -1.95. The van der Waals surface area contributed by atoms with Gasteiger partial charge < -0.3 is 15.8 Å². The van der Waals surface area contributed by atoms with E-state index in [1.165, 1.54) is 12.1 Å². The number of hydrogen-bond donors (Lipinski definition) is 2. The first kappa shape index (κ1) is 15.1. The molecule has 104 valence electrons. The Morgan fingerprint density at radius 3 is 2.47 bits per heavy atom. The molecule has 0 aliphatic rings.